The molecule has 0 saturated heterocycles. The van der Waals surface area contributed by atoms with Gasteiger partial charge in [-0.25, -0.2) is 0 Å². The van der Waals surface area contributed by atoms with Crippen LogP contribution in [0.25, 0.3) is 0 Å². The van der Waals surface area contributed by atoms with Gasteiger partial charge in [-0.05, 0) is 37.5 Å². The summed E-state index contributed by atoms with van der Waals surface area (Å²) >= 11 is 0. The van der Waals surface area contributed by atoms with Gasteiger partial charge in [-0.15, -0.1) is 0 Å². The number of hydrogen-bond acceptors (Lipinski definition) is 4. The van der Waals surface area contributed by atoms with Crippen LogP contribution in [0.4, 0.5) is 0 Å². The second kappa shape index (κ2) is 4.05. The van der Waals surface area contributed by atoms with Gasteiger partial charge < -0.3 is 0 Å². The zero-order chi connectivity index (χ0) is 13.6. The first-order valence-corrected chi connectivity index (χ1v) is 7.40. The smallest absolute Gasteiger partial charge is 0.282 e. The molecule has 0 aliphatic heterocycles. The van der Waals surface area contributed by atoms with Gasteiger partial charge in [0.2, 0.25) is 0 Å². The average molecular weight is 280 g/mol. The molecule has 0 saturated carbocycles. The second-order valence-electron chi connectivity index (χ2n) is 3.74. The van der Waals surface area contributed by atoms with Crippen LogP contribution in [-0.4, -0.2) is 25.9 Å². The van der Waals surface area contributed by atoms with Gasteiger partial charge in [-0.2, -0.15) is 16.8 Å². The molecule has 0 heterocycles. The molecule has 17 heavy (non-hydrogen) atoms. The summed E-state index contributed by atoms with van der Waals surface area (Å²) in [6, 6.07) is 1.28. The maximum Gasteiger partial charge on any atom is 0.295 e. The molecule has 0 fully saturated rings. The van der Waals surface area contributed by atoms with Crippen molar-refractivity contribution in [2.75, 3.05) is 0 Å². The fraction of sp³-hybridized carbons (Fsp3) is 0.333. The second-order valence-corrected chi connectivity index (χ2v) is 6.46. The summed E-state index contributed by atoms with van der Waals surface area (Å²) < 4.78 is 62.6. The molecular weight excluding hydrogens is 268 g/mol. The maximum absolute atomic E-state index is 11.1. The largest absolute Gasteiger partial charge is 0.295 e. The Labute approximate surface area is 99.8 Å². The predicted octanol–water partition coefficient (Wildman–Crippen LogP) is 1.11. The van der Waals surface area contributed by atoms with E-state index in [1.807, 2.05) is 0 Å². The quantitative estimate of drug-likeness (QED) is 0.785. The van der Waals surface area contributed by atoms with Crippen molar-refractivity contribution in [2.45, 2.75) is 30.6 Å². The Bertz CT molecular complexity index is 614. The third-order valence-corrected chi connectivity index (χ3v) is 4.63. The molecule has 0 aliphatic rings. The maximum atomic E-state index is 11.1. The molecule has 0 atom stereocenters. The third kappa shape index (κ3) is 2.65. The van der Waals surface area contributed by atoms with Crippen LogP contribution >= 0.6 is 0 Å². The van der Waals surface area contributed by atoms with E-state index in [-0.39, 0.29) is 16.7 Å². The van der Waals surface area contributed by atoms with Crippen LogP contribution in [0.15, 0.2) is 15.9 Å². The summed E-state index contributed by atoms with van der Waals surface area (Å²) in [7, 11) is -9.08. The zero-order valence-corrected chi connectivity index (χ0v) is 11.1. The van der Waals surface area contributed by atoms with E-state index in [2.05, 4.69) is 0 Å². The summed E-state index contributed by atoms with van der Waals surface area (Å²) in [5, 5.41) is 0. The van der Waals surface area contributed by atoms with E-state index in [1.165, 1.54) is 26.8 Å². The molecule has 1 aromatic carbocycles. The van der Waals surface area contributed by atoms with Crippen molar-refractivity contribution >= 4 is 20.2 Å². The van der Waals surface area contributed by atoms with Crippen LogP contribution in [0, 0.1) is 20.8 Å². The molecule has 0 aliphatic carbocycles. The molecule has 1 aromatic rings. The lowest BCUT2D eigenvalue weighted by atomic mass is 10.1. The number of benzene rings is 1. The predicted molar refractivity (Wildman–Crippen MR) is 60.3 cm³/mol. The highest BCUT2D eigenvalue weighted by Gasteiger charge is 2.25. The molecule has 0 bridgehead atoms. The fourth-order valence-corrected chi connectivity index (χ4v) is 3.92. The van der Waals surface area contributed by atoms with E-state index in [4.69, 9.17) is 9.11 Å². The lowest BCUT2D eigenvalue weighted by Crippen LogP contribution is -2.11. The van der Waals surface area contributed by atoms with Crippen molar-refractivity contribution in [1.29, 1.82) is 0 Å². The van der Waals surface area contributed by atoms with Crippen molar-refractivity contribution in [3.63, 3.8) is 0 Å². The molecule has 8 heteroatoms. The topological polar surface area (TPSA) is 109 Å². The van der Waals surface area contributed by atoms with Crippen molar-refractivity contribution in [3.05, 3.63) is 22.8 Å². The van der Waals surface area contributed by atoms with Gasteiger partial charge in [0.25, 0.3) is 20.2 Å². The fourth-order valence-electron chi connectivity index (χ4n) is 1.94. The molecule has 0 spiro atoms. The lowest BCUT2D eigenvalue weighted by molar-refractivity contribution is 0.478. The standard InChI is InChI=1S/C9H12O6S2/c1-5-4-6(2)9(17(13,14)15)7(3)8(5)16(10,11)12/h4H,1-3H3,(H,10,11,12)(H,13,14,15). The minimum atomic E-state index is -4.54. The lowest BCUT2D eigenvalue weighted by Gasteiger charge is -2.13. The summed E-state index contributed by atoms with van der Waals surface area (Å²) in [5.41, 5.74) is 0.248. The van der Waals surface area contributed by atoms with Gasteiger partial charge in [0.05, 0.1) is 0 Å². The third-order valence-electron chi connectivity index (χ3n) is 2.35. The Morgan fingerprint density at radius 2 is 1.12 bits per heavy atom. The van der Waals surface area contributed by atoms with E-state index in [9.17, 15) is 16.8 Å². The van der Waals surface area contributed by atoms with Gasteiger partial charge in [0.15, 0.2) is 0 Å². The first-order valence-electron chi connectivity index (χ1n) is 4.52. The summed E-state index contributed by atoms with van der Waals surface area (Å²) in [4.78, 5) is -0.980. The van der Waals surface area contributed by atoms with Crippen molar-refractivity contribution in [2.24, 2.45) is 0 Å². The molecule has 2 N–H and O–H groups in total. The molecule has 0 unspecified atom stereocenters. The molecule has 0 aromatic heterocycles. The molecule has 6 nitrogen and oxygen atoms in total. The summed E-state index contributed by atoms with van der Waals surface area (Å²) in [6.07, 6.45) is 0. The first-order chi connectivity index (χ1) is 7.46. The highest BCUT2D eigenvalue weighted by molar-refractivity contribution is 7.86. The van der Waals surface area contributed by atoms with Crippen LogP contribution in [-0.2, 0) is 20.2 Å². The van der Waals surface area contributed by atoms with Crippen LogP contribution in [0.2, 0.25) is 0 Å². The normalized spacial score (nSPS) is 12.8. The molecule has 1 rings (SSSR count). The highest BCUT2D eigenvalue weighted by atomic mass is 32.2. The first kappa shape index (κ1) is 14.1. The Balaban J connectivity index is 3.93. The van der Waals surface area contributed by atoms with E-state index >= 15 is 0 Å². The summed E-state index contributed by atoms with van der Waals surface area (Å²) in [6.45, 7) is 4.07. The number of hydrogen-bond donors (Lipinski definition) is 2. The Hall–Kier alpha value is -0.960. The zero-order valence-electron chi connectivity index (χ0n) is 9.42. The van der Waals surface area contributed by atoms with Gasteiger partial charge in [0, 0.05) is 0 Å². The SMILES string of the molecule is Cc1cc(C)c(S(=O)(=O)O)c(C)c1S(=O)(=O)O. The van der Waals surface area contributed by atoms with E-state index in [0.29, 0.717) is 0 Å². The van der Waals surface area contributed by atoms with Crippen molar-refractivity contribution < 1.29 is 25.9 Å². The Kier molecular flexibility index (Phi) is 3.36. The minimum Gasteiger partial charge on any atom is -0.282 e. The number of aryl methyl sites for hydroxylation is 2. The highest BCUT2D eigenvalue weighted by Crippen LogP contribution is 2.29. The van der Waals surface area contributed by atoms with Crippen LogP contribution in [0.5, 0.6) is 0 Å². The van der Waals surface area contributed by atoms with Crippen LogP contribution < -0.4 is 0 Å². The monoisotopic (exact) mass is 280 g/mol. The Morgan fingerprint density at radius 3 is 1.35 bits per heavy atom. The molecule has 96 valence electrons. The van der Waals surface area contributed by atoms with Gasteiger partial charge >= 0.3 is 0 Å². The number of rotatable bonds is 2. The molecule has 0 amide bonds. The Morgan fingerprint density at radius 1 is 0.824 bits per heavy atom. The molecule has 0 radical (unpaired) electrons. The molecular formula is C9H12O6S2. The van der Waals surface area contributed by atoms with Gasteiger partial charge in [-0.3, -0.25) is 9.11 Å². The van der Waals surface area contributed by atoms with Crippen LogP contribution in [0.1, 0.15) is 16.7 Å². The van der Waals surface area contributed by atoms with E-state index < -0.39 is 30.0 Å². The van der Waals surface area contributed by atoms with Crippen LogP contribution in [0.3, 0.4) is 0 Å². The van der Waals surface area contributed by atoms with E-state index in [1.54, 1.807) is 0 Å². The summed E-state index contributed by atoms with van der Waals surface area (Å²) in [5.74, 6) is 0. The minimum absolute atomic E-state index is 0.187. The van der Waals surface area contributed by atoms with E-state index in [0.717, 1.165) is 0 Å². The average Bonchev–Trinajstić information content (AvgIpc) is 1.94. The van der Waals surface area contributed by atoms with Gasteiger partial charge in [0.1, 0.15) is 9.79 Å². The van der Waals surface area contributed by atoms with Crippen molar-refractivity contribution in [1.82, 2.24) is 0 Å². The van der Waals surface area contributed by atoms with Gasteiger partial charge in [-0.1, -0.05) is 6.07 Å². The van der Waals surface area contributed by atoms with Crippen molar-refractivity contribution in [3.8, 4) is 0 Å².